The Morgan fingerprint density at radius 1 is 1.11 bits per heavy atom. The average Bonchev–Trinajstić information content (AvgIpc) is 3.27. The minimum absolute atomic E-state index is 0.0203. The molecule has 8 heteroatoms. The molecule has 0 aliphatic heterocycles. The third-order valence-corrected chi connectivity index (χ3v) is 4.12. The number of rotatable bonds is 8. The van der Waals surface area contributed by atoms with E-state index in [0.29, 0.717) is 30.5 Å². The summed E-state index contributed by atoms with van der Waals surface area (Å²) in [5, 5.41) is 5.01. The summed E-state index contributed by atoms with van der Waals surface area (Å²) in [5.41, 5.74) is 6.53. The molecule has 1 heterocycles. The number of nitrogens with two attached hydrogens (primary N) is 1. The van der Waals surface area contributed by atoms with Crippen LogP contribution < -0.4 is 16.4 Å². The molecule has 1 aromatic carbocycles. The first-order chi connectivity index (χ1) is 13.0. The lowest BCUT2D eigenvalue weighted by Gasteiger charge is -2.20. The van der Waals surface area contributed by atoms with Crippen LogP contribution in [-0.2, 0) is 17.9 Å². The summed E-state index contributed by atoms with van der Waals surface area (Å²) in [6.45, 7) is 0.814. The van der Waals surface area contributed by atoms with Crippen LogP contribution in [0.1, 0.15) is 34.5 Å². The zero-order chi connectivity index (χ0) is 19.2. The van der Waals surface area contributed by atoms with Crippen molar-refractivity contribution in [2.75, 3.05) is 6.54 Å². The normalized spacial score (nSPS) is 13.4. The lowest BCUT2D eigenvalue weighted by Crippen LogP contribution is -2.41. The molecular weight excluding hydrogens is 348 g/mol. The first-order valence-electron chi connectivity index (χ1n) is 8.73. The van der Waals surface area contributed by atoms with Gasteiger partial charge in [-0.15, -0.1) is 0 Å². The topological polar surface area (TPSA) is 118 Å². The summed E-state index contributed by atoms with van der Waals surface area (Å²) < 4.78 is 5.34. The number of carbonyl (C=O) groups is 3. The molecule has 0 saturated heterocycles. The van der Waals surface area contributed by atoms with E-state index in [9.17, 15) is 14.4 Å². The summed E-state index contributed by atoms with van der Waals surface area (Å²) >= 11 is 0. The summed E-state index contributed by atoms with van der Waals surface area (Å²) in [6, 6.07) is 10.2. The molecule has 0 atom stereocenters. The Bertz CT molecular complexity index is 798. The number of furan rings is 1. The van der Waals surface area contributed by atoms with Gasteiger partial charge in [0.1, 0.15) is 5.76 Å². The van der Waals surface area contributed by atoms with Gasteiger partial charge in [0, 0.05) is 18.2 Å². The number of hydrogen-bond acceptors (Lipinski definition) is 5. The molecule has 1 saturated carbocycles. The van der Waals surface area contributed by atoms with Crippen LogP contribution in [0.3, 0.4) is 0 Å². The summed E-state index contributed by atoms with van der Waals surface area (Å²) in [7, 11) is 0. The smallest absolute Gasteiger partial charge is 0.318 e. The van der Waals surface area contributed by atoms with Crippen LogP contribution in [0, 0.1) is 0 Å². The van der Waals surface area contributed by atoms with Gasteiger partial charge in [-0.05, 0) is 42.7 Å². The van der Waals surface area contributed by atoms with E-state index in [1.165, 1.54) is 0 Å². The van der Waals surface area contributed by atoms with E-state index < -0.39 is 11.9 Å². The van der Waals surface area contributed by atoms with Gasteiger partial charge in [-0.3, -0.25) is 19.8 Å². The molecule has 0 bridgehead atoms. The third-order valence-electron chi connectivity index (χ3n) is 4.12. The largest absolute Gasteiger partial charge is 0.468 e. The van der Waals surface area contributed by atoms with E-state index in [2.05, 4.69) is 10.6 Å². The molecule has 142 valence electrons. The van der Waals surface area contributed by atoms with Gasteiger partial charge in [-0.25, -0.2) is 4.79 Å². The molecule has 4 N–H and O–H groups in total. The second-order valence-corrected chi connectivity index (χ2v) is 6.58. The van der Waals surface area contributed by atoms with E-state index >= 15 is 0 Å². The molecule has 0 spiro atoms. The Balaban J connectivity index is 1.63. The van der Waals surface area contributed by atoms with Crippen molar-refractivity contribution in [3.63, 3.8) is 0 Å². The van der Waals surface area contributed by atoms with Gasteiger partial charge in [-0.1, -0.05) is 12.1 Å². The number of amides is 4. The molecule has 2 aromatic rings. The molecule has 1 aliphatic rings. The zero-order valence-corrected chi connectivity index (χ0v) is 14.8. The molecule has 0 unspecified atom stereocenters. The van der Waals surface area contributed by atoms with Crippen molar-refractivity contribution >= 4 is 17.8 Å². The minimum Gasteiger partial charge on any atom is -0.468 e. The van der Waals surface area contributed by atoms with Crippen molar-refractivity contribution in [2.45, 2.75) is 32.0 Å². The number of nitrogens with one attached hydrogen (secondary N) is 2. The summed E-state index contributed by atoms with van der Waals surface area (Å²) in [4.78, 5) is 36.6. The Morgan fingerprint density at radius 3 is 2.44 bits per heavy atom. The Hall–Kier alpha value is -3.13. The molecule has 1 aliphatic carbocycles. The lowest BCUT2D eigenvalue weighted by molar-refractivity contribution is -0.121. The third kappa shape index (κ3) is 5.96. The van der Waals surface area contributed by atoms with Gasteiger partial charge in [0.15, 0.2) is 0 Å². The van der Waals surface area contributed by atoms with Crippen molar-refractivity contribution in [3.8, 4) is 0 Å². The van der Waals surface area contributed by atoms with Crippen LogP contribution in [0.4, 0.5) is 4.79 Å². The molecule has 4 amide bonds. The fourth-order valence-electron chi connectivity index (χ4n) is 2.69. The number of primary amides is 1. The quantitative estimate of drug-likeness (QED) is 0.649. The van der Waals surface area contributed by atoms with Gasteiger partial charge in [0.05, 0.1) is 19.4 Å². The van der Waals surface area contributed by atoms with E-state index in [-0.39, 0.29) is 12.5 Å². The van der Waals surface area contributed by atoms with E-state index in [0.717, 1.165) is 18.4 Å². The summed E-state index contributed by atoms with van der Waals surface area (Å²) in [6.07, 6.45) is 3.64. The maximum absolute atomic E-state index is 12.1. The molecular formula is C19H22N4O4. The zero-order valence-electron chi connectivity index (χ0n) is 14.8. The van der Waals surface area contributed by atoms with Crippen molar-refractivity contribution in [2.24, 2.45) is 5.73 Å². The maximum atomic E-state index is 12.1. The van der Waals surface area contributed by atoms with Crippen molar-refractivity contribution in [1.82, 2.24) is 15.5 Å². The van der Waals surface area contributed by atoms with Crippen LogP contribution in [0.15, 0.2) is 47.1 Å². The Labute approximate surface area is 156 Å². The Morgan fingerprint density at radius 2 is 1.85 bits per heavy atom. The number of urea groups is 1. The first-order valence-corrected chi connectivity index (χ1v) is 8.73. The second-order valence-electron chi connectivity index (χ2n) is 6.58. The molecule has 8 nitrogen and oxygen atoms in total. The van der Waals surface area contributed by atoms with Gasteiger partial charge < -0.3 is 15.5 Å². The van der Waals surface area contributed by atoms with Crippen LogP contribution in [0.5, 0.6) is 0 Å². The molecule has 0 radical (unpaired) electrons. The highest BCUT2D eigenvalue weighted by Crippen LogP contribution is 2.19. The molecule has 1 fully saturated rings. The highest BCUT2D eigenvalue weighted by atomic mass is 16.3. The van der Waals surface area contributed by atoms with Crippen LogP contribution in [0.25, 0.3) is 0 Å². The van der Waals surface area contributed by atoms with Crippen molar-refractivity contribution in [3.05, 3.63) is 59.5 Å². The maximum Gasteiger partial charge on any atom is 0.318 e. The van der Waals surface area contributed by atoms with E-state index in [4.69, 9.17) is 10.2 Å². The monoisotopic (exact) mass is 370 g/mol. The fraction of sp³-hybridized carbons (Fsp3) is 0.316. The predicted octanol–water partition coefficient (Wildman–Crippen LogP) is 1.37. The molecule has 27 heavy (non-hydrogen) atoms. The van der Waals surface area contributed by atoms with Gasteiger partial charge in [0.2, 0.25) is 5.91 Å². The average molecular weight is 370 g/mol. The fourth-order valence-corrected chi connectivity index (χ4v) is 2.69. The van der Waals surface area contributed by atoms with Crippen molar-refractivity contribution in [1.29, 1.82) is 0 Å². The summed E-state index contributed by atoms with van der Waals surface area (Å²) in [5.74, 6) is 0.133. The SMILES string of the molecule is NC(=O)NC(=O)CN(Cc1ccc(C(=O)NC2CC2)cc1)Cc1ccco1. The minimum atomic E-state index is -0.885. The van der Waals surface area contributed by atoms with Crippen LogP contribution in [0.2, 0.25) is 0 Å². The standard InChI is InChI=1S/C19H22N4O4/c20-19(26)22-17(24)12-23(11-16-2-1-9-27-16)10-13-3-5-14(6-4-13)18(25)21-15-7-8-15/h1-6,9,15H,7-8,10-12H2,(H,21,25)(H3,20,22,24,26). The van der Waals surface area contributed by atoms with E-state index in [1.54, 1.807) is 24.5 Å². The predicted molar refractivity (Wildman–Crippen MR) is 97.5 cm³/mol. The highest BCUT2D eigenvalue weighted by Gasteiger charge is 2.23. The molecule has 1 aromatic heterocycles. The number of nitrogens with zero attached hydrogens (tertiary/aromatic N) is 1. The number of imide groups is 1. The van der Waals surface area contributed by atoms with Crippen LogP contribution >= 0.6 is 0 Å². The number of hydrogen-bond donors (Lipinski definition) is 3. The first kappa shape index (κ1) is 18.7. The van der Waals surface area contributed by atoms with Gasteiger partial charge in [0.25, 0.3) is 5.91 Å². The van der Waals surface area contributed by atoms with E-state index in [1.807, 2.05) is 23.1 Å². The van der Waals surface area contributed by atoms with Gasteiger partial charge in [-0.2, -0.15) is 0 Å². The van der Waals surface area contributed by atoms with Gasteiger partial charge >= 0.3 is 6.03 Å². The van der Waals surface area contributed by atoms with Crippen LogP contribution in [-0.4, -0.2) is 35.3 Å². The second kappa shape index (κ2) is 8.50. The van der Waals surface area contributed by atoms with Crippen molar-refractivity contribution < 1.29 is 18.8 Å². The lowest BCUT2D eigenvalue weighted by atomic mass is 10.1. The molecule has 3 rings (SSSR count). The Kier molecular flexibility index (Phi) is 5.87. The number of benzene rings is 1. The highest BCUT2D eigenvalue weighted by molar-refractivity contribution is 5.95. The number of carbonyl (C=O) groups excluding carboxylic acids is 3.